The molecular formula is C47H61N8O7+. The summed E-state index contributed by atoms with van der Waals surface area (Å²) in [5.41, 5.74) is 4.84. The maximum Gasteiger partial charge on any atom is 0.513 e. The fourth-order valence-electron chi connectivity index (χ4n) is 10.00. The first-order valence-corrected chi connectivity index (χ1v) is 21.9. The van der Waals surface area contributed by atoms with Gasteiger partial charge in [0.05, 0.1) is 61.0 Å². The van der Waals surface area contributed by atoms with Crippen LogP contribution in [0, 0.1) is 23.7 Å². The summed E-state index contributed by atoms with van der Waals surface area (Å²) in [6.07, 6.45) is 4.91. The van der Waals surface area contributed by atoms with Crippen molar-refractivity contribution in [1.29, 1.82) is 0 Å². The van der Waals surface area contributed by atoms with Crippen LogP contribution in [-0.2, 0) is 19.0 Å². The fraction of sp³-hybridized carbons (Fsp3) is 0.511. The normalized spacial score (nSPS) is 23.1. The summed E-state index contributed by atoms with van der Waals surface area (Å²) in [4.78, 5) is 59.7. The largest absolute Gasteiger partial charge is 0.513 e. The Bertz CT molecular complexity index is 2600. The monoisotopic (exact) mass is 849 g/mol. The average molecular weight is 850 g/mol. The molecule has 3 aromatic carbocycles. The minimum Gasteiger partial charge on any atom is -0.453 e. The molecule has 8 atom stereocenters. The van der Waals surface area contributed by atoms with Gasteiger partial charge in [0.2, 0.25) is 0 Å². The molecule has 0 radical (unpaired) electrons. The lowest BCUT2D eigenvalue weighted by atomic mass is 9.89. The Balaban J connectivity index is 1.05. The number of carbonyl (C=O) groups is 3. The number of nitrogens with zero attached hydrogens (tertiary/aromatic N) is 4. The van der Waals surface area contributed by atoms with Gasteiger partial charge < -0.3 is 39.5 Å². The third-order valence-electron chi connectivity index (χ3n) is 13.3. The van der Waals surface area contributed by atoms with Crippen molar-refractivity contribution in [2.45, 2.75) is 90.2 Å². The van der Waals surface area contributed by atoms with E-state index in [2.05, 4.69) is 76.8 Å². The molecule has 15 heteroatoms. The number of imidazole rings is 2. The summed E-state index contributed by atoms with van der Waals surface area (Å²) >= 11 is 0. The van der Waals surface area contributed by atoms with E-state index in [9.17, 15) is 19.5 Å². The van der Waals surface area contributed by atoms with Gasteiger partial charge in [0.1, 0.15) is 17.9 Å². The minimum atomic E-state index is -0.962. The number of aromatic amines is 2. The molecule has 5 aromatic rings. The number of rotatable bonds is 12. The second-order valence-corrected chi connectivity index (χ2v) is 18.3. The molecule has 6 N–H and O–H groups in total. The summed E-state index contributed by atoms with van der Waals surface area (Å²) in [6.45, 7) is 11.7. The molecule has 1 aliphatic carbocycles. The second-order valence-electron chi connectivity index (χ2n) is 18.3. The van der Waals surface area contributed by atoms with Crippen molar-refractivity contribution < 1.29 is 39.0 Å². The number of quaternary nitrogens is 1. The number of ether oxygens (including phenoxy) is 3. The second kappa shape index (κ2) is 17.8. The van der Waals surface area contributed by atoms with E-state index in [0.29, 0.717) is 19.7 Å². The Morgan fingerprint density at radius 3 is 2.34 bits per heavy atom. The van der Waals surface area contributed by atoms with E-state index in [1.807, 2.05) is 37.5 Å². The maximum absolute atomic E-state index is 13.9. The van der Waals surface area contributed by atoms with Crippen LogP contribution in [0.15, 0.2) is 42.5 Å². The Hall–Kier alpha value is -5.35. The molecule has 2 fully saturated rings. The Kier molecular flexibility index (Phi) is 12.4. The number of aromatic nitrogens is 4. The first-order chi connectivity index (χ1) is 29.8. The van der Waals surface area contributed by atoms with Gasteiger partial charge in [-0.2, -0.15) is 4.79 Å². The van der Waals surface area contributed by atoms with Gasteiger partial charge >= 0.3 is 12.2 Å². The highest BCUT2D eigenvalue weighted by molar-refractivity contribution is 6.04. The van der Waals surface area contributed by atoms with E-state index >= 15 is 0 Å². The zero-order valence-electron chi connectivity index (χ0n) is 37.0. The van der Waals surface area contributed by atoms with Crippen molar-refractivity contribution in [2.24, 2.45) is 23.7 Å². The Labute approximate surface area is 361 Å². The Morgan fingerprint density at radius 2 is 1.63 bits per heavy atom. The summed E-state index contributed by atoms with van der Waals surface area (Å²) in [6, 6.07) is 13.5. The molecule has 3 amide bonds. The number of nitrogens with one attached hydrogen (secondary N) is 3. The third kappa shape index (κ3) is 8.30. The molecule has 2 aliphatic heterocycles. The van der Waals surface area contributed by atoms with Crippen molar-refractivity contribution in [3.63, 3.8) is 0 Å². The fourth-order valence-corrected chi connectivity index (χ4v) is 10.00. The summed E-state index contributed by atoms with van der Waals surface area (Å²) < 4.78 is 15.3. The Morgan fingerprint density at radius 1 is 0.903 bits per heavy atom. The summed E-state index contributed by atoms with van der Waals surface area (Å²) in [7, 11) is 4.35. The molecular weight excluding hydrogens is 789 g/mol. The zero-order valence-corrected chi connectivity index (χ0v) is 37.0. The summed E-state index contributed by atoms with van der Waals surface area (Å²) in [5.74, 6) is 1.98. The number of likely N-dealkylation sites (tertiary alicyclic amines) is 2. The van der Waals surface area contributed by atoms with Crippen molar-refractivity contribution in [1.82, 2.24) is 35.1 Å². The third-order valence-corrected chi connectivity index (χ3v) is 13.3. The van der Waals surface area contributed by atoms with E-state index in [4.69, 9.17) is 24.2 Å². The lowest BCUT2D eigenvalue weighted by Gasteiger charge is -2.35. The first kappa shape index (κ1) is 43.3. The van der Waals surface area contributed by atoms with Crippen LogP contribution >= 0.6 is 0 Å². The van der Waals surface area contributed by atoms with Gasteiger partial charge in [-0.05, 0) is 65.3 Å². The van der Waals surface area contributed by atoms with Crippen molar-refractivity contribution >= 4 is 63.1 Å². The number of amides is 3. The van der Waals surface area contributed by atoms with E-state index in [0.717, 1.165) is 74.2 Å². The van der Waals surface area contributed by atoms with Crippen LogP contribution in [0.2, 0.25) is 0 Å². The number of nitrogens with two attached hydrogens (primary N) is 1. The number of aliphatic hydroxyl groups is 1. The van der Waals surface area contributed by atoms with Crippen molar-refractivity contribution in [2.75, 3.05) is 41.0 Å². The van der Waals surface area contributed by atoms with Gasteiger partial charge in [0.25, 0.3) is 5.91 Å². The number of fused-ring (bicyclic) bond motifs is 6. The number of alkyl carbamates (subject to hydrolysis) is 1. The standard InChI is InChI=1S/C47H60N8O7/c1-24(2)38(52-46(58)61-7)44(56)54-21-26(5)17-36(54)42-48-34-15-11-30-19-28(9-13-32(30)40(34)50-42)29-10-14-33-31(20-29)12-16-35-41(33)51-43(49-35)37-18-27(23-60-6)22-55(37)45(57)39(25(3)4)53-47(59)62-8/h9,11-16,19-20,24-27,29,36-39,45,57H,10,17-18,21-23H2,1-8H3,(H,48,50)(H,49,51)(H,52,58)(H,53,59)/p+1. The maximum atomic E-state index is 13.9. The smallest absolute Gasteiger partial charge is 0.453 e. The predicted octanol–water partition coefficient (Wildman–Crippen LogP) is 4.31. The summed E-state index contributed by atoms with van der Waals surface area (Å²) in [5, 5.41) is 20.3. The molecule has 0 bridgehead atoms. The predicted molar refractivity (Wildman–Crippen MR) is 236 cm³/mol. The molecule has 0 saturated carbocycles. The van der Waals surface area contributed by atoms with Crippen LogP contribution in [0.3, 0.4) is 0 Å². The molecule has 3 aliphatic rings. The quantitative estimate of drug-likeness (QED) is 0.121. The van der Waals surface area contributed by atoms with Crippen LogP contribution in [0.5, 0.6) is 0 Å². The number of carbonyl (C=O) groups excluding carboxylic acids is 3. The minimum absolute atomic E-state index is 0.0480. The van der Waals surface area contributed by atoms with Gasteiger partial charge in [-0.15, -0.1) is 0 Å². The van der Waals surface area contributed by atoms with Gasteiger partial charge in [-0.3, -0.25) is 9.69 Å². The first-order valence-electron chi connectivity index (χ1n) is 21.9. The van der Waals surface area contributed by atoms with Crippen LogP contribution in [0.25, 0.3) is 45.0 Å². The highest BCUT2D eigenvalue weighted by Gasteiger charge is 2.44. The molecule has 330 valence electrons. The number of hydrogen-bond acceptors (Lipinski definition) is 10. The van der Waals surface area contributed by atoms with Gasteiger partial charge in [0, 0.05) is 42.6 Å². The molecule has 2 saturated heterocycles. The van der Waals surface area contributed by atoms with Crippen molar-refractivity contribution in [3.8, 4) is 0 Å². The van der Waals surface area contributed by atoms with E-state index in [-0.39, 0.29) is 47.6 Å². The highest BCUT2D eigenvalue weighted by Crippen LogP contribution is 2.39. The number of hydrogen-bond donors (Lipinski definition) is 5. The molecule has 0 spiro atoms. The molecule has 62 heavy (non-hydrogen) atoms. The molecule has 15 nitrogen and oxygen atoms in total. The van der Waals surface area contributed by atoms with Gasteiger partial charge in [0.15, 0.2) is 6.04 Å². The number of H-pyrrole nitrogens is 2. The number of aliphatic hydroxyl groups excluding tert-OH is 1. The van der Waals surface area contributed by atoms with Crippen LogP contribution in [0.1, 0.15) is 89.1 Å². The molecule has 2 aromatic heterocycles. The topological polar surface area (TPSA) is 192 Å². The van der Waals surface area contributed by atoms with Crippen LogP contribution < -0.4 is 21.1 Å². The van der Waals surface area contributed by atoms with Gasteiger partial charge in [-0.25, -0.2) is 20.1 Å². The highest BCUT2D eigenvalue weighted by atomic mass is 16.5. The van der Waals surface area contributed by atoms with E-state index in [1.54, 1.807) is 7.11 Å². The van der Waals surface area contributed by atoms with E-state index in [1.165, 1.54) is 25.1 Å². The number of benzene rings is 3. The number of primary amides is 1. The number of methoxy groups -OCH3 is 3. The molecule has 8 unspecified atom stereocenters. The SMILES string of the molecule is COCC1CC(c2nc3c4c(ccc3[nH]2)=CC(c2ccc3c(ccc5[nH]c(C6CC(C)CN6C(=O)C([NH2+]C(=O)OC)C(C)C)nc53)c2)CC=4)N(C(O)C(NC(=O)OC)C(C)C)C1. The molecule has 8 rings (SSSR count). The van der Waals surface area contributed by atoms with Crippen molar-refractivity contribution in [3.05, 3.63) is 70.1 Å². The lowest BCUT2D eigenvalue weighted by molar-refractivity contribution is -0.601. The van der Waals surface area contributed by atoms with Crippen LogP contribution in [-0.4, -0.2) is 112 Å². The zero-order chi connectivity index (χ0) is 44.0. The van der Waals surface area contributed by atoms with Crippen LogP contribution in [0.4, 0.5) is 9.59 Å². The van der Waals surface area contributed by atoms with E-state index < -0.39 is 30.5 Å². The lowest BCUT2D eigenvalue weighted by Crippen LogP contribution is -2.96. The average Bonchev–Trinajstić information content (AvgIpc) is 4.08. The molecule has 4 heterocycles. The van der Waals surface area contributed by atoms with Gasteiger partial charge in [-0.1, -0.05) is 77.1 Å².